The van der Waals surface area contributed by atoms with Crippen LogP contribution in [0.5, 0.6) is 0 Å². The summed E-state index contributed by atoms with van der Waals surface area (Å²) in [5, 5.41) is 6.10. The highest BCUT2D eigenvalue weighted by atomic mass is 32.1. The zero-order valence-electron chi connectivity index (χ0n) is 14.0. The minimum Gasteiger partial charge on any atom is -0.313 e. The van der Waals surface area contributed by atoms with Gasteiger partial charge in [-0.1, -0.05) is 13.0 Å². The van der Waals surface area contributed by atoms with Gasteiger partial charge in [-0.05, 0) is 62.7 Å². The van der Waals surface area contributed by atoms with Crippen molar-refractivity contribution < 1.29 is 4.79 Å². The number of hydrogen-bond acceptors (Lipinski definition) is 4. The summed E-state index contributed by atoms with van der Waals surface area (Å²) >= 11 is 3.19. The summed E-state index contributed by atoms with van der Waals surface area (Å²) in [5.74, 6) is 0.851. The van der Waals surface area contributed by atoms with Gasteiger partial charge in [0.1, 0.15) is 5.00 Å². The summed E-state index contributed by atoms with van der Waals surface area (Å²) < 4.78 is 0. The standard InChI is InChI=1S/C18H24N2OS2/c1-12-6-8-20(9-7-12)11-15-13(2)14(3)23-18(15)19-17(21)16-5-4-10-22-16/h4-5,10,12H,6-9,11H2,1-3H3,(H,19,21). The number of nitrogens with zero attached hydrogens (tertiary/aromatic N) is 1. The molecule has 1 N–H and O–H groups in total. The number of rotatable bonds is 4. The van der Waals surface area contributed by atoms with Crippen LogP contribution in [-0.4, -0.2) is 23.9 Å². The molecule has 0 radical (unpaired) electrons. The molecule has 0 unspecified atom stereocenters. The largest absolute Gasteiger partial charge is 0.313 e. The van der Waals surface area contributed by atoms with E-state index < -0.39 is 0 Å². The Kier molecular flexibility index (Phi) is 5.19. The normalized spacial score (nSPS) is 16.7. The highest BCUT2D eigenvalue weighted by Gasteiger charge is 2.21. The van der Waals surface area contributed by atoms with Crippen molar-refractivity contribution in [3.63, 3.8) is 0 Å². The van der Waals surface area contributed by atoms with Crippen LogP contribution in [0.3, 0.4) is 0 Å². The second kappa shape index (κ2) is 7.16. The molecule has 3 rings (SSSR count). The molecule has 23 heavy (non-hydrogen) atoms. The van der Waals surface area contributed by atoms with Gasteiger partial charge in [0.05, 0.1) is 4.88 Å². The van der Waals surface area contributed by atoms with Gasteiger partial charge in [-0.2, -0.15) is 0 Å². The van der Waals surface area contributed by atoms with Gasteiger partial charge in [0, 0.05) is 17.0 Å². The Balaban J connectivity index is 1.75. The lowest BCUT2D eigenvalue weighted by Crippen LogP contribution is -2.32. The molecule has 0 bridgehead atoms. The van der Waals surface area contributed by atoms with E-state index in [1.807, 2.05) is 17.5 Å². The van der Waals surface area contributed by atoms with Gasteiger partial charge in [-0.3, -0.25) is 9.69 Å². The third kappa shape index (κ3) is 3.84. The number of piperidine rings is 1. The molecule has 0 aliphatic carbocycles. The molecule has 1 aliphatic heterocycles. The third-order valence-corrected chi connectivity index (χ3v) is 6.77. The monoisotopic (exact) mass is 348 g/mol. The van der Waals surface area contributed by atoms with Gasteiger partial charge >= 0.3 is 0 Å². The highest BCUT2D eigenvalue weighted by molar-refractivity contribution is 7.17. The molecular weight excluding hydrogens is 324 g/mol. The van der Waals surface area contributed by atoms with Gasteiger partial charge in [0.25, 0.3) is 5.91 Å². The molecule has 5 heteroatoms. The Morgan fingerprint density at radius 1 is 1.35 bits per heavy atom. The lowest BCUT2D eigenvalue weighted by atomic mass is 9.98. The average molecular weight is 349 g/mol. The van der Waals surface area contributed by atoms with Crippen molar-refractivity contribution in [2.24, 2.45) is 5.92 Å². The van der Waals surface area contributed by atoms with Crippen LogP contribution in [0.2, 0.25) is 0 Å². The summed E-state index contributed by atoms with van der Waals surface area (Å²) in [5.41, 5.74) is 2.63. The molecule has 3 nitrogen and oxygen atoms in total. The Bertz CT molecular complexity index is 668. The van der Waals surface area contributed by atoms with E-state index in [1.54, 1.807) is 11.3 Å². The zero-order chi connectivity index (χ0) is 16.4. The first-order valence-corrected chi connectivity index (χ1v) is 9.90. The number of thiophene rings is 2. The van der Waals surface area contributed by atoms with E-state index in [2.05, 4.69) is 31.0 Å². The molecule has 3 heterocycles. The summed E-state index contributed by atoms with van der Waals surface area (Å²) in [4.78, 5) is 17.0. The van der Waals surface area contributed by atoms with Gasteiger partial charge in [-0.25, -0.2) is 0 Å². The molecule has 1 fully saturated rings. The quantitative estimate of drug-likeness (QED) is 0.851. The van der Waals surface area contributed by atoms with E-state index in [1.165, 1.54) is 40.2 Å². The molecule has 1 amide bonds. The van der Waals surface area contributed by atoms with Crippen molar-refractivity contribution >= 4 is 33.6 Å². The van der Waals surface area contributed by atoms with E-state index in [4.69, 9.17) is 0 Å². The van der Waals surface area contributed by atoms with E-state index in [-0.39, 0.29) is 5.91 Å². The number of carbonyl (C=O) groups excluding carboxylic acids is 1. The van der Waals surface area contributed by atoms with Crippen molar-refractivity contribution in [1.82, 2.24) is 4.90 Å². The fourth-order valence-electron chi connectivity index (χ4n) is 2.98. The van der Waals surface area contributed by atoms with Crippen LogP contribution < -0.4 is 5.32 Å². The Morgan fingerprint density at radius 2 is 2.09 bits per heavy atom. The van der Waals surface area contributed by atoms with Crippen LogP contribution in [-0.2, 0) is 6.54 Å². The van der Waals surface area contributed by atoms with Crippen LogP contribution >= 0.6 is 22.7 Å². The van der Waals surface area contributed by atoms with Crippen molar-refractivity contribution in [2.75, 3.05) is 18.4 Å². The first-order valence-electron chi connectivity index (χ1n) is 8.20. The van der Waals surface area contributed by atoms with E-state index in [0.29, 0.717) is 0 Å². The second-order valence-electron chi connectivity index (χ2n) is 6.48. The maximum Gasteiger partial charge on any atom is 0.266 e. The number of hydrogen-bond donors (Lipinski definition) is 1. The van der Waals surface area contributed by atoms with E-state index in [0.717, 1.165) is 35.4 Å². The molecule has 0 saturated carbocycles. The molecule has 1 aliphatic rings. The summed E-state index contributed by atoms with van der Waals surface area (Å²) in [7, 11) is 0. The lowest BCUT2D eigenvalue weighted by Gasteiger charge is -2.30. The molecule has 1 saturated heterocycles. The smallest absolute Gasteiger partial charge is 0.266 e. The Morgan fingerprint density at radius 3 is 2.74 bits per heavy atom. The first kappa shape index (κ1) is 16.7. The van der Waals surface area contributed by atoms with Crippen molar-refractivity contribution in [2.45, 2.75) is 40.2 Å². The predicted molar refractivity (Wildman–Crippen MR) is 99.7 cm³/mol. The van der Waals surface area contributed by atoms with Crippen LogP contribution in [0.1, 0.15) is 45.4 Å². The van der Waals surface area contributed by atoms with E-state index in [9.17, 15) is 4.79 Å². The van der Waals surface area contributed by atoms with E-state index >= 15 is 0 Å². The van der Waals surface area contributed by atoms with Gasteiger partial charge in [0.2, 0.25) is 0 Å². The summed E-state index contributed by atoms with van der Waals surface area (Å²) in [6.45, 7) is 9.92. The van der Waals surface area contributed by atoms with Crippen LogP contribution in [0.25, 0.3) is 0 Å². The third-order valence-electron chi connectivity index (χ3n) is 4.74. The topological polar surface area (TPSA) is 32.3 Å². The minimum atomic E-state index is 0.00904. The summed E-state index contributed by atoms with van der Waals surface area (Å²) in [6, 6.07) is 3.79. The van der Waals surface area contributed by atoms with Gasteiger partial charge in [0.15, 0.2) is 0 Å². The molecule has 0 aromatic carbocycles. The van der Waals surface area contributed by atoms with Gasteiger partial charge < -0.3 is 5.32 Å². The number of likely N-dealkylation sites (tertiary alicyclic amines) is 1. The van der Waals surface area contributed by atoms with Gasteiger partial charge in [-0.15, -0.1) is 22.7 Å². The van der Waals surface area contributed by atoms with Crippen LogP contribution in [0.15, 0.2) is 17.5 Å². The highest BCUT2D eigenvalue weighted by Crippen LogP contribution is 2.34. The van der Waals surface area contributed by atoms with Crippen molar-refractivity contribution in [3.8, 4) is 0 Å². The van der Waals surface area contributed by atoms with Crippen LogP contribution in [0, 0.1) is 19.8 Å². The van der Waals surface area contributed by atoms with Crippen LogP contribution in [0.4, 0.5) is 5.00 Å². The Labute approximate surface area is 146 Å². The molecule has 2 aromatic heterocycles. The maximum absolute atomic E-state index is 12.4. The molecule has 2 aromatic rings. The summed E-state index contributed by atoms with van der Waals surface area (Å²) in [6.07, 6.45) is 2.55. The number of anilines is 1. The van der Waals surface area contributed by atoms with Crippen molar-refractivity contribution in [3.05, 3.63) is 38.4 Å². The second-order valence-corrected chi connectivity index (χ2v) is 8.65. The predicted octanol–water partition coefficient (Wildman–Crippen LogP) is 4.91. The molecule has 0 atom stereocenters. The Hall–Kier alpha value is -1.17. The average Bonchev–Trinajstić information content (AvgIpc) is 3.14. The number of nitrogens with one attached hydrogen (secondary N) is 1. The SMILES string of the molecule is Cc1sc(NC(=O)c2cccs2)c(CN2CCC(C)CC2)c1C. The number of amides is 1. The molecular formula is C18H24N2OS2. The lowest BCUT2D eigenvalue weighted by molar-refractivity contribution is 0.103. The zero-order valence-corrected chi connectivity index (χ0v) is 15.6. The fourth-order valence-corrected chi connectivity index (χ4v) is 4.67. The van der Waals surface area contributed by atoms with Crippen molar-refractivity contribution in [1.29, 1.82) is 0 Å². The molecule has 124 valence electrons. The maximum atomic E-state index is 12.4. The number of carbonyl (C=O) groups is 1. The minimum absolute atomic E-state index is 0.00904. The fraction of sp³-hybridized carbons (Fsp3) is 0.500. The number of aryl methyl sites for hydroxylation is 1. The first-order chi connectivity index (χ1) is 11.0. The molecule has 0 spiro atoms.